The van der Waals surface area contributed by atoms with Gasteiger partial charge in [0.2, 0.25) is 0 Å². The van der Waals surface area contributed by atoms with Crippen LogP contribution in [-0.4, -0.2) is 10.1 Å². The third-order valence-corrected chi connectivity index (χ3v) is 2.67. The first-order valence-electron chi connectivity index (χ1n) is 3.58. The van der Waals surface area contributed by atoms with Gasteiger partial charge in [0, 0.05) is 22.4 Å². The van der Waals surface area contributed by atoms with E-state index in [2.05, 4.69) is 30.2 Å². The van der Waals surface area contributed by atoms with E-state index in [-0.39, 0.29) is 6.61 Å². The Hall–Kier alpha value is -0.190. The zero-order valence-electron chi connectivity index (χ0n) is 6.78. The second-order valence-corrected chi connectivity index (χ2v) is 3.28. The molecule has 66 valence electrons. The predicted octanol–water partition coefficient (Wildman–Crippen LogP) is 1.60. The molecule has 1 aromatic rings. The number of aliphatic hydroxyl groups excluding tert-OH is 1. The first kappa shape index (κ1) is 9.89. The second kappa shape index (κ2) is 4.16. The van der Waals surface area contributed by atoms with Crippen molar-refractivity contribution in [3.05, 3.63) is 23.0 Å². The fourth-order valence-electron chi connectivity index (χ4n) is 0.997. The van der Waals surface area contributed by atoms with Crippen LogP contribution in [0.2, 0.25) is 0 Å². The van der Waals surface area contributed by atoms with Crippen molar-refractivity contribution in [2.75, 3.05) is 0 Å². The highest BCUT2D eigenvalue weighted by Crippen LogP contribution is 2.22. The van der Waals surface area contributed by atoms with E-state index in [1.54, 1.807) is 6.20 Å². The van der Waals surface area contributed by atoms with E-state index in [0.717, 1.165) is 21.7 Å². The van der Waals surface area contributed by atoms with Crippen LogP contribution in [0, 0.1) is 6.92 Å². The molecule has 0 aliphatic carbocycles. The molecule has 0 bridgehead atoms. The molecule has 1 aromatic heterocycles. The Balaban J connectivity index is 3.25. The molecule has 1 heterocycles. The number of hydrogen-bond donors (Lipinski definition) is 3. The van der Waals surface area contributed by atoms with Gasteiger partial charge in [0.25, 0.3) is 0 Å². The van der Waals surface area contributed by atoms with Crippen LogP contribution in [0.4, 0.5) is 0 Å². The van der Waals surface area contributed by atoms with Gasteiger partial charge in [-0.2, -0.15) is 12.6 Å². The van der Waals surface area contributed by atoms with Crippen molar-refractivity contribution in [1.29, 1.82) is 0 Å². The Morgan fingerprint density at radius 1 is 1.58 bits per heavy atom. The summed E-state index contributed by atoms with van der Waals surface area (Å²) in [5, 5.41) is 8.96. The lowest BCUT2D eigenvalue weighted by atomic mass is 10.1. The van der Waals surface area contributed by atoms with Crippen molar-refractivity contribution in [3.63, 3.8) is 0 Å². The zero-order valence-corrected chi connectivity index (χ0v) is 8.57. The monoisotopic (exact) mass is 201 g/mol. The minimum Gasteiger partial charge on any atom is -0.392 e. The number of aliphatic hydroxyl groups is 1. The third kappa shape index (κ3) is 1.76. The molecule has 0 amide bonds. The van der Waals surface area contributed by atoms with Crippen LogP contribution < -0.4 is 0 Å². The number of pyridine rings is 1. The van der Waals surface area contributed by atoms with Crippen LogP contribution in [0.1, 0.15) is 16.8 Å². The number of nitrogens with zero attached hydrogens (tertiary/aromatic N) is 1. The lowest BCUT2D eigenvalue weighted by Gasteiger charge is -2.08. The van der Waals surface area contributed by atoms with Crippen LogP contribution in [-0.2, 0) is 12.4 Å². The van der Waals surface area contributed by atoms with E-state index in [1.165, 1.54) is 0 Å². The molecule has 0 spiro atoms. The second-order valence-electron chi connectivity index (χ2n) is 2.51. The van der Waals surface area contributed by atoms with Gasteiger partial charge in [-0.05, 0) is 12.5 Å². The van der Waals surface area contributed by atoms with Crippen LogP contribution in [0.15, 0.2) is 11.1 Å². The molecule has 0 saturated heterocycles. The van der Waals surface area contributed by atoms with E-state index in [4.69, 9.17) is 5.11 Å². The predicted molar refractivity (Wildman–Crippen MR) is 54.8 cm³/mol. The van der Waals surface area contributed by atoms with Crippen molar-refractivity contribution in [2.45, 2.75) is 24.2 Å². The summed E-state index contributed by atoms with van der Waals surface area (Å²) in [6, 6.07) is 0. The molecule has 1 rings (SSSR count). The summed E-state index contributed by atoms with van der Waals surface area (Å²) in [5.41, 5.74) is 2.65. The maximum Gasteiger partial charge on any atom is 0.0700 e. The highest BCUT2D eigenvalue weighted by molar-refractivity contribution is 7.81. The summed E-state index contributed by atoms with van der Waals surface area (Å²) in [4.78, 5) is 4.92. The van der Waals surface area contributed by atoms with Gasteiger partial charge in [-0.3, -0.25) is 4.98 Å². The summed E-state index contributed by atoms with van der Waals surface area (Å²) in [6.07, 6.45) is 1.67. The van der Waals surface area contributed by atoms with Crippen molar-refractivity contribution in [3.8, 4) is 0 Å². The van der Waals surface area contributed by atoms with Crippen molar-refractivity contribution in [1.82, 2.24) is 4.98 Å². The van der Waals surface area contributed by atoms with Gasteiger partial charge in [-0.15, -0.1) is 12.6 Å². The fourth-order valence-corrected chi connectivity index (χ4v) is 1.76. The molecule has 12 heavy (non-hydrogen) atoms. The van der Waals surface area contributed by atoms with Gasteiger partial charge < -0.3 is 5.11 Å². The minimum absolute atomic E-state index is 0.00324. The molecule has 0 fully saturated rings. The maximum absolute atomic E-state index is 8.96. The average molecular weight is 201 g/mol. The van der Waals surface area contributed by atoms with Gasteiger partial charge in [-0.1, -0.05) is 0 Å². The first-order chi connectivity index (χ1) is 5.70. The quantitative estimate of drug-likeness (QED) is 0.635. The molecular weight excluding hydrogens is 190 g/mol. The molecule has 0 unspecified atom stereocenters. The van der Waals surface area contributed by atoms with E-state index in [0.29, 0.717) is 5.75 Å². The van der Waals surface area contributed by atoms with E-state index < -0.39 is 0 Å². The number of thiol groups is 2. The summed E-state index contributed by atoms with van der Waals surface area (Å²) in [5.74, 6) is 0.581. The Morgan fingerprint density at radius 3 is 2.75 bits per heavy atom. The molecule has 0 atom stereocenters. The smallest absolute Gasteiger partial charge is 0.0700 e. The van der Waals surface area contributed by atoms with E-state index in [9.17, 15) is 0 Å². The van der Waals surface area contributed by atoms with E-state index in [1.807, 2.05) is 6.92 Å². The van der Waals surface area contributed by atoms with Crippen LogP contribution in [0.5, 0.6) is 0 Å². The summed E-state index contributed by atoms with van der Waals surface area (Å²) in [6.45, 7) is 1.88. The number of rotatable bonds is 2. The van der Waals surface area contributed by atoms with Gasteiger partial charge in [0.15, 0.2) is 0 Å². The zero-order chi connectivity index (χ0) is 9.14. The Bertz CT molecular complexity index is 289. The molecule has 0 aliphatic rings. The lowest BCUT2D eigenvalue weighted by Crippen LogP contribution is -1.97. The van der Waals surface area contributed by atoms with Crippen LogP contribution in [0.25, 0.3) is 0 Å². The van der Waals surface area contributed by atoms with Gasteiger partial charge in [0.05, 0.1) is 12.3 Å². The normalized spacial score (nSPS) is 10.3. The minimum atomic E-state index is -0.00324. The van der Waals surface area contributed by atoms with Crippen LogP contribution >= 0.6 is 25.3 Å². The molecule has 0 radical (unpaired) electrons. The molecule has 1 N–H and O–H groups in total. The van der Waals surface area contributed by atoms with Crippen LogP contribution in [0.3, 0.4) is 0 Å². The molecule has 0 saturated carbocycles. The summed E-state index contributed by atoms with van der Waals surface area (Å²) in [7, 11) is 0. The maximum atomic E-state index is 8.96. The number of aromatic nitrogens is 1. The molecule has 0 aliphatic heterocycles. The molecular formula is C8H11NOS2. The first-order valence-corrected chi connectivity index (χ1v) is 4.66. The third-order valence-electron chi connectivity index (χ3n) is 1.76. The van der Waals surface area contributed by atoms with Gasteiger partial charge in [0.1, 0.15) is 0 Å². The largest absolute Gasteiger partial charge is 0.392 e. The van der Waals surface area contributed by atoms with Crippen molar-refractivity contribution < 1.29 is 5.11 Å². The molecule has 2 nitrogen and oxygen atoms in total. The average Bonchev–Trinajstić information content (AvgIpc) is 2.09. The Kier molecular flexibility index (Phi) is 3.43. The Labute approximate surface area is 82.9 Å². The lowest BCUT2D eigenvalue weighted by molar-refractivity contribution is 0.280. The van der Waals surface area contributed by atoms with Crippen molar-refractivity contribution in [2.24, 2.45) is 0 Å². The number of hydrogen-bond acceptors (Lipinski definition) is 4. The topological polar surface area (TPSA) is 33.1 Å². The SMILES string of the molecule is Cc1ncc(CO)c(CS)c1S. The van der Waals surface area contributed by atoms with Gasteiger partial charge in [-0.25, -0.2) is 0 Å². The van der Waals surface area contributed by atoms with E-state index >= 15 is 0 Å². The summed E-state index contributed by atoms with van der Waals surface area (Å²) >= 11 is 8.46. The van der Waals surface area contributed by atoms with Gasteiger partial charge >= 0.3 is 0 Å². The van der Waals surface area contributed by atoms with Crippen molar-refractivity contribution >= 4 is 25.3 Å². The number of aryl methyl sites for hydroxylation is 1. The molecule has 0 aromatic carbocycles. The fraction of sp³-hybridized carbons (Fsp3) is 0.375. The summed E-state index contributed by atoms with van der Waals surface area (Å²) < 4.78 is 0. The highest BCUT2D eigenvalue weighted by Gasteiger charge is 2.06. The molecule has 4 heteroatoms. The highest BCUT2D eigenvalue weighted by atomic mass is 32.1. The Morgan fingerprint density at radius 2 is 2.25 bits per heavy atom. The standard InChI is InChI=1S/C8H11NOS2/c1-5-8(12)7(4-11)6(3-10)2-9-5/h2,10-12H,3-4H2,1H3.